The van der Waals surface area contributed by atoms with Crippen LogP contribution < -0.4 is 10.9 Å². The molecule has 1 N–H and O–H groups in total. The van der Waals surface area contributed by atoms with Gasteiger partial charge in [-0.1, -0.05) is 43.7 Å². The Bertz CT molecular complexity index is 975. The fourth-order valence-electron chi connectivity index (χ4n) is 3.00. The Morgan fingerprint density at radius 3 is 2.46 bits per heavy atom. The average molecular weight is 349 g/mol. The van der Waals surface area contributed by atoms with Gasteiger partial charge in [0, 0.05) is 18.1 Å². The minimum absolute atomic E-state index is 0.117. The zero-order chi connectivity index (χ0) is 18.5. The lowest BCUT2D eigenvalue weighted by molar-refractivity contribution is -0.115. The first-order valence-electron chi connectivity index (χ1n) is 8.92. The summed E-state index contributed by atoms with van der Waals surface area (Å²) in [5, 5.41) is 8.48. The number of nitrogens with one attached hydrogen (secondary N) is 1. The van der Waals surface area contributed by atoms with Gasteiger partial charge >= 0.3 is 0 Å². The molecule has 1 aromatic heterocycles. The van der Waals surface area contributed by atoms with Crippen molar-refractivity contribution in [2.24, 2.45) is 7.05 Å². The van der Waals surface area contributed by atoms with E-state index in [0.717, 1.165) is 23.9 Å². The van der Waals surface area contributed by atoms with Gasteiger partial charge < -0.3 is 5.32 Å². The molecule has 2 aromatic carbocycles. The number of fused-ring (bicyclic) bond motifs is 1. The van der Waals surface area contributed by atoms with Crippen molar-refractivity contribution in [3.05, 3.63) is 70.1 Å². The number of hydrogen-bond acceptors (Lipinski definition) is 3. The van der Waals surface area contributed by atoms with Crippen LogP contribution in [-0.4, -0.2) is 15.7 Å². The molecule has 0 saturated carbocycles. The molecular formula is C21H23N3O2. The van der Waals surface area contributed by atoms with Crippen LogP contribution >= 0.6 is 0 Å². The summed E-state index contributed by atoms with van der Waals surface area (Å²) in [4.78, 5) is 24.6. The van der Waals surface area contributed by atoms with Crippen molar-refractivity contribution in [3.8, 4) is 0 Å². The summed E-state index contributed by atoms with van der Waals surface area (Å²) in [7, 11) is 1.60. The lowest BCUT2D eigenvalue weighted by atomic mass is 10.1. The molecule has 5 nitrogen and oxygen atoms in total. The second-order valence-corrected chi connectivity index (χ2v) is 6.45. The maximum Gasteiger partial charge on any atom is 0.274 e. The van der Waals surface area contributed by atoms with Crippen molar-refractivity contribution >= 4 is 22.4 Å². The van der Waals surface area contributed by atoms with E-state index in [0.29, 0.717) is 11.1 Å². The number of unbranched alkanes of at least 4 members (excludes halogenated alkanes) is 1. The normalized spacial score (nSPS) is 10.8. The summed E-state index contributed by atoms with van der Waals surface area (Å²) in [5.41, 5.74) is 2.48. The number of carbonyl (C=O) groups is 1. The molecule has 0 spiro atoms. The van der Waals surface area contributed by atoms with Gasteiger partial charge in [-0.15, -0.1) is 0 Å². The fraction of sp³-hybridized carbons (Fsp3) is 0.286. The van der Waals surface area contributed by atoms with E-state index in [1.807, 2.05) is 42.5 Å². The van der Waals surface area contributed by atoms with E-state index in [2.05, 4.69) is 17.3 Å². The van der Waals surface area contributed by atoms with Crippen LogP contribution in [0.25, 0.3) is 10.8 Å². The van der Waals surface area contributed by atoms with Crippen molar-refractivity contribution in [2.45, 2.75) is 32.6 Å². The lowest BCUT2D eigenvalue weighted by Gasteiger charge is -2.09. The predicted octanol–water partition coefficient (Wildman–Crippen LogP) is 3.46. The number of aryl methyl sites for hydroxylation is 2. The molecule has 5 heteroatoms. The third-order valence-electron chi connectivity index (χ3n) is 4.42. The van der Waals surface area contributed by atoms with Gasteiger partial charge in [0.05, 0.1) is 17.5 Å². The molecule has 0 aliphatic heterocycles. The quantitative estimate of drug-likeness (QED) is 0.741. The van der Waals surface area contributed by atoms with Crippen molar-refractivity contribution in [1.29, 1.82) is 0 Å². The number of benzene rings is 2. The van der Waals surface area contributed by atoms with Crippen molar-refractivity contribution in [2.75, 3.05) is 5.32 Å². The lowest BCUT2D eigenvalue weighted by Crippen LogP contribution is -2.24. The Morgan fingerprint density at radius 1 is 1.08 bits per heavy atom. The van der Waals surface area contributed by atoms with Gasteiger partial charge in [0.15, 0.2) is 0 Å². The Balaban J connectivity index is 1.75. The van der Waals surface area contributed by atoms with Crippen molar-refractivity contribution in [1.82, 2.24) is 9.78 Å². The number of amides is 1. The number of hydrogen-bond donors (Lipinski definition) is 1. The van der Waals surface area contributed by atoms with Gasteiger partial charge in [-0.05, 0) is 36.6 Å². The van der Waals surface area contributed by atoms with E-state index in [4.69, 9.17) is 0 Å². The standard InChI is InChI=1S/C21H23N3O2/c1-3-4-7-15-10-12-16(13-11-15)22-20(25)14-19-17-8-5-6-9-18(17)21(26)24(2)23-19/h5-6,8-13H,3-4,7,14H2,1-2H3,(H,22,25). The molecule has 0 atom stereocenters. The first-order chi connectivity index (χ1) is 12.6. The second kappa shape index (κ2) is 7.95. The molecule has 0 unspecified atom stereocenters. The van der Waals surface area contributed by atoms with Crippen molar-refractivity contribution in [3.63, 3.8) is 0 Å². The Morgan fingerprint density at radius 2 is 1.77 bits per heavy atom. The van der Waals surface area contributed by atoms with Gasteiger partial charge in [0.2, 0.25) is 5.91 Å². The Labute approximate surface area is 152 Å². The van der Waals surface area contributed by atoms with Gasteiger partial charge in [-0.3, -0.25) is 9.59 Å². The Hall–Kier alpha value is -2.95. The maximum absolute atomic E-state index is 12.4. The summed E-state index contributed by atoms with van der Waals surface area (Å²) in [6, 6.07) is 15.2. The van der Waals surface area contributed by atoms with Crippen molar-refractivity contribution < 1.29 is 4.79 Å². The van der Waals surface area contributed by atoms with Gasteiger partial charge in [0.25, 0.3) is 5.56 Å². The molecule has 26 heavy (non-hydrogen) atoms. The highest BCUT2D eigenvalue weighted by atomic mass is 16.1. The predicted molar refractivity (Wildman–Crippen MR) is 104 cm³/mol. The van der Waals surface area contributed by atoms with E-state index >= 15 is 0 Å². The largest absolute Gasteiger partial charge is 0.326 e. The zero-order valence-corrected chi connectivity index (χ0v) is 15.2. The molecule has 134 valence electrons. The van der Waals surface area contributed by atoms with Crippen LogP contribution in [0.4, 0.5) is 5.69 Å². The van der Waals surface area contributed by atoms with E-state index in [1.165, 1.54) is 16.7 Å². The Kier molecular flexibility index (Phi) is 5.46. The van der Waals surface area contributed by atoms with E-state index < -0.39 is 0 Å². The number of rotatable bonds is 6. The third kappa shape index (κ3) is 3.99. The van der Waals surface area contributed by atoms with Crippen LogP contribution in [-0.2, 0) is 24.7 Å². The first kappa shape index (κ1) is 17.9. The van der Waals surface area contributed by atoms with E-state index in [9.17, 15) is 9.59 Å². The summed E-state index contributed by atoms with van der Waals surface area (Å²) < 4.78 is 1.29. The first-order valence-corrected chi connectivity index (χ1v) is 8.92. The molecule has 0 fully saturated rings. The van der Waals surface area contributed by atoms with Crippen LogP contribution in [0, 0.1) is 0 Å². The number of anilines is 1. The summed E-state index contributed by atoms with van der Waals surface area (Å²) >= 11 is 0. The molecule has 3 rings (SSSR count). The molecule has 0 bridgehead atoms. The van der Waals surface area contributed by atoms with Gasteiger partial charge in [-0.2, -0.15) is 5.10 Å². The van der Waals surface area contributed by atoms with E-state index in [1.54, 1.807) is 13.1 Å². The molecule has 0 aliphatic rings. The highest BCUT2D eigenvalue weighted by molar-refractivity contribution is 5.95. The third-order valence-corrected chi connectivity index (χ3v) is 4.42. The molecule has 0 aliphatic carbocycles. The highest BCUT2D eigenvalue weighted by Gasteiger charge is 2.12. The maximum atomic E-state index is 12.4. The number of carbonyl (C=O) groups excluding carboxylic acids is 1. The zero-order valence-electron chi connectivity index (χ0n) is 15.2. The minimum atomic E-state index is -0.160. The molecular weight excluding hydrogens is 326 g/mol. The van der Waals surface area contributed by atoms with Crippen LogP contribution in [0.5, 0.6) is 0 Å². The second-order valence-electron chi connectivity index (χ2n) is 6.45. The summed E-state index contributed by atoms with van der Waals surface area (Å²) in [5.74, 6) is -0.150. The monoisotopic (exact) mass is 349 g/mol. The van der Waals surface area contributed by atoms with Crippen LogP contribution in [0.2, 0.25) is 0 Å². The van der Waals surface area contributed by atoms with Gasteiger partial charge in [-0.25, -0.2) is 4.68 Å². The molecule has 0 radical (unpaired) electrons. The molecule has 3 aromatic rings. The fourth-order valence-corrected chi connectivity index (χ4v) is 3.00. The number of aromatic nitrogens is 2. The summed E-state index contributed by atoms with van der Waals surface area (Å²) in [6.07, 6.45) is 3.50. The SMILES string of the molecule is CCCCc1ccc(NC(=O)Cc2nn(C)c(=O)c3ccccc23)cc1. The average Bonchev–Trinajstić information content (AvgIpc) is 2.65. The van der Waals surface area contributed by atoms with Crippen LogP contribution in [0.1, 0.15) is 31.0 Å². The van der Waals surface area contributed by atoms with Crippen LogP contribution in [0.15, 0.2) is 53.3 Å². The van der Waals surface area contributed by atoms with E-state index in [-0.39, 0.29) is 17.9 Å². The number of nitrogens with zero attached hydrogens (tertiary/aromatic N) is 2. The smallest absolute Gasteiger partial charge is 0.274 e. The van der Waals surface area contributed by atoms with Crippen LogP contribution in [0.3, 0.4) is 0 Å². The molecule has 1 amide bonds. The van der Waals surface area contributed by atoms with Gasteiger partial charge in [0.1, 0.15) is 0 Å². The molecule has 0 saturated heterocycles. The topological polar surface area (TPSA) is 64.0 Å². The highest BCUT2D eigenvalue weighted by Crippen LogP contribution is 2.15. The molecule has 1 heterocycles. The minimum Gasteiger partial charge on any atom is -0.326 e. The summed E-state index contributed by atoms with van der Waals surface area (Å²) in [6.45, 7) is 2.17.